The Morgan fingerprint density at radius 3 is 3.00 bits per heavy atom. The average molecular weight is 335 g/mol. The molecule has 0 bridgehead atoms. The number of ether oxygens (including phenoxy) is 1. The zero-order chi connectivity index (χ0) is 11.5. The Bertz CT molecular complexity index is 366. The minimum Gasteiger partial charge on any atom is -0.381 e. The molecule has 2 nitrogen and oxygen atoms in total. The second-order valence-electron chi connectivity index (χ2n) is 4.18. The van der Waals surface area contributed by atoms with E-state index in [9.17, 15) is 4.39 Å². The Balaban J connectivity index is 2.02. The van der Waals surface area contributed by atoms with Crippen LogP contribution in [0.4, 0.5) is 10.1 Å². The molecule has 1 aliphatic rings. The zero-order valence-electron chi connectivity index (χ0n) is 9.17. The van der Waals surface area contributed by atoms with Crippen molar-refractivity contribution in [2.24, 2.45) is 5.92 Å². The molecule has 4 heteroatoms. The van der Waals surface area contributed by atoms with Crippen molar-refractivity contribution in [2.75, 3.05) is 18.5 Å². The fourth-order valence-electron chi connectivity index (χ4n) is 1.92. The maximum absolute atomic E-state index is 12.9. The van der Waals surface area contributed by atoms with Crippen molar-refractivity contribution >= 4 is 28.3 Å². The lowest BCUT2D eigenvalue weighted by atomic mass is 10.0. The summed E-state index contributed by atoms with van der Waals surface area (Å²) < 4.78 is 19.2. The maximum Gasteiger partial charge on any atom is 0.124 e. The van der Waals surface area contributed by atoms with E-state index in [1.54, 1.807) is 12.1 Å². The molecule has 88 valence electrons. The van der Waals surface area contributed by atoms with Crippen LogP contribution in [0.2, 0.25) is 0 Å². The van der Waals surface area contributed by atoms with Gasteiger partial charge in [-0.15, -0.1) is 0 Å². The van der Waals surface area contributed by atoms with Crippen molar-refractivity contribution < 1.29 is 9.13 Å². The van der Waals surface area contributed by atoms with E-state index in [0.717, 1.165) is 28.9 Å². The van der Waals surface area contributed by atoms with Crippen LogP contribution in [0.25, 0.3) is 0 Å². The van der Waals surface area contributed by atoms with Gasteiger partial charge in [0.15, 0.2) is 0 Å². The Labute approximate surface area is 109 Å². The van der Waals surface area contributed by atoms with Crippen molar-refractivity contribution in [3.05, 3.63) is 27.6 Å². The van der Waals surface area contributed by atoms with E-state index >= 15 is 0 Å². The molecule has 0 saturated carbocycles. The van der Waals surface area contributed by atoms with Gasteiger partial charge in [-0.1, -0.05) is 0 Å². The number of benzene rings is 1. The smallest absolute Gasteiger partial charge is 0.124 e. The summed E-state index contributed by atoms with van der Waals surface area (Å²) in [4.78, 5) is 0. The van der Waals surface area contributed by atoms with Crippen molar-refractivity contribution in [3.8, 4) is 0 Å². The second-order valence-corrected chi connectivity index (χ2v) is 5.34. The highest BCUT2D eigenvalue weighted by Crippen LogP contribution is 2.24. The van der Waals surface area contributed by atoms with E-state index in [1.165, 1.54) is 6.07 Å². The topological polar surface area (TPSA) is 21.3 Å². The van der Waals surface area contributed by atoms with Crippen LogP contribution in [-0.2, 0) is 4.74 Å². The Morgan fingerprint density at radius 2 is 2.38 bits per heavy atom. The fourth-order valence-corrected chi connectivity index (χ4v) is 2.55. The van der Waals surface area contributed by atoms with Gasteiger partial charge in [-0.05, 0) is 54.1 Å². The molecule has 1 fully saturated rings. The van der Waals surface area contributed by atoms with Crippen LogP contribution < -0.4 is 5.32 Å². The van der Waals surface area contributed by atoms with E-state index in [-0.39, 0.29) is 5.82 Å². The highest BCUT2D eigenvalue weighted by molar-refractivity contribution is 14.1. The molecule has 2 atom stereocenters. The van der Waals surface area contributed by atoms with Crippen molar-refractivity contribution in [2.45, 2.75) is 19.4 Å². The Morgan fingerprint density at radius 1 is 1.56 bits per heavy atom. The molecule has 0 aliphatic carbocycles. The highest BCUT2D eigenvalue weighted by Gasteiger charge is 2.22. The van der Waals surface area contributed by atoms with Crippen molar-refractivity contribution in [3.63, 3.8) is 0 Å². The van der Waals surface area contributed by atoms with Gasteiger partial charge in [-0.3, -0.25) is 0 Å². The SMILES string of the molecule is CC(Nc1ccc(F)cc1I)C1CCOC1. The van der Waals surface area contributed by atoms with Gasteiger partial charge in [-0.2, -0.15) is 0 Å². The monoisotopic (exact) mass is 335 g/mol. The third-order valence-corrected chi connectivity index (χ3v) is 3.88. The first-order valence-corrected chi connectivity index (χ1v) is 6.54. The van der Waals surface area contributed by atoms with Gasteiger partial charge < -0.3 is 10.1 Å². The minimum atomic E-state index is -0.188. The van der Waals surface area contributed by atoms with Gasteiger partial charge in [0, 0.05) is 27.8 Å². The minimum absolute atomic E-state index is 0.188. The standard InChI is InChI=1S/C12H15FINO/c1-8(9-4-5-16-7-9)15-12-3-2-10(13)6-11(12)14/h2-3,6,8-9,15H,4-5,7H2,1H3. The lowest BCUT2D eigenvalue weighted by molar-refractivity contribution is 0.183. The van der Waals surface area contributed by atoms with Gasteiger partial charge in [0.25, 0.3) is 0 Å². The van der Waals surface area contributed by atoms with Gasteiger partial charge in [0.1, 0.15) is 5.82 Å². The number of hydrogen-bond donors (Lipinski definition) is 1. The van der Waals surface area contributed by atoms with Gasteiger partial charge in [0.2, 0.25) is 0 Å². The molecule has 1 saturated heterocycles. The molecule has 0 amide bonds. The van der Waals surface area contributed by atoms with E-state index in [2.05, 4.69) is 34.8 Å². The quantitative estimate of drug-likeness (QED) is 0.856. The summed E-state index contributed by atoms with van der Waals surface area (Å²) in [5.41, 5.74) is 1.00. The van der Waals surface area contributed by atoms with E-state index in [0.29, 0.717) is 12.0 Å². The molecule has 0 aromatic heterocycles. The normalized spacial score (nSPS) is 22.1. The third-order valence-electron chi connectivity index (χ3n) is 2.99. The first-order chi connectivity index (χ1) is 7.66. The predicted molar refractivity (Wildman–Crippen MR) is 71.1 cm³/mol. The molecule has 2 unspecified atom stereocenters. The van der Waals surface area contributed by atoms with Crippen LogP contribution in [0.5, 0.6) is 0 Å². The molecular weight excluding hydrogens is 320 g/mol. The fraction of sp³-hybridized carbons (Fsp3) is 0.500. The van der Waals surface area contributed by atoms with Crippen LogP contribution in [0.3, 0.4) is 0 Å². The molecule has 1 aromatic carbocycles. The Kier molecular flexibility index (Phi) is 4.02. The maximum atomic E-state index is 12.9. The molecule has 2 rings (SSSR count). The zero-order valence-corrected chi connectivity index (χ0v) is 11.3. The first-order valence-electron chi connectivity index (χ1n) is 5.46. The van der Waals surface area contributed by atoms with Crippen LogP contribution in [0.1, 0.15) is 13.3 Å². The summed E-state index contributed by atoms with van der Waals surface area (Å²) in [6.07, 6.45) is 1.10. The largest absolute Gasteiger partial charge is 0.381 e. The van der Waals surface area contributed by atoms with Crippen molar-refractivity contribution in [1.29, 1.82) is 0 Å². The molecule has 1 aromatic rings. The van der Waals surface area contributed by atoms with Gasteiger partial charge in [-0.25, -0.2) is 4.39 Å². The summed E-state index contributed by atoms with van der Waals surface area (Å²) in [5.74, 6) is 0.368. The molecule has 1 aliphatic heterocycles. The number of nitrogens with one attached hydrogen (secondary N) is 1. The van der Waals surface area contributed by atoms with Crippen LogP contribution >= 0.6 is 22.6 Å². The van der Waals surface area contributed by atoms with Crippen LogP contribution in [0, 0.1) is 15.3 Å². The third kappa shape index (κ3) is 2.85. The second kappa shape index (κ2) is 5.31. The van der Waals surface area contributed by atoms with E-state index in [4.69, 9.17) is 4.74 Å². The summed E-state index contributed by atoms with van der Waals surface area (Å²) >= 11 is 2.15. The number of anilines is 1. The predicted octanol–water partition coefficient (Wildman–Crippen LogP) is 3.27. The molecule has 0 spiro atoms. The summed E-state index contributed by atoms with van der Waals surface area (Å²) in [7, 11) is 0. The van der Waals surface area contributed by atoms with Crippen molar-refractivity contribution in [1.82, 2.24) is 0 Å². The number of hydrogen-bond acceptors (Lipinski definition) is 2. The molecule has 0 radical (unpaired) electrons. The van der Waals surface area contributed by atoms with Gasteiger partial charge in [0.05, 0.1) is 6.61 Å². The van der Waals surface area contributed by atoms with Gasteiger partial charge >= 0.3 is 0 Å². The average Bonchev–Trinajstić information content (AvgIpc) is 2.75. The number of rotatable bonds is 3. The molecule has 1 heterocycles. The first kappa shape index (κ1) is 12.1. The van der Waals surface area contributed by atoms with Crippen LogP contribution in [-0.4, -0.2) is 19.3 Å². The van der Waals surface area contributed by atoms with Crippen LogP contribution in [0.15, 0.2) is 18.2 Å². The lowest BCUT2D eigenvalue weighted by Crippen LogP contribution is -2.26. The lowest BCUT2D eigenvalue weighted by Gasteiger charge is -2.21. The summed E-state index contributed by atoms with van der Waals surface area (Å²) in [5, 5.41) is 3.43. The summed E-state index contributed by atoms with van der Waals surface area (Å²) in [6.45, 7) is 3.84. The van der Waals surface area contributed by atoms with E-state index in [1.807, 2.05) is 0 Å². The molecule has 16 heavy (non-hydrogen) atoms. The molecule has 1 N–H and O–H groups in total. The van der Waals surface area contributed by atoms with E-state index < -0.39 is 0 Å². The number of halogens is 2. The highest BCUT2D eigenvalue weighted by atomic mass is 127. The summed E-state index contributed by atoms with van der Waals surface area (Å²) in [6, 6.07) is 5.19. The Hall–Kier alpha value is -0.360. The molecular formula is C12H15FINO.